The van der Waals surface area contributed by atoms with E-state index in [9.17, 15) is 4.79 Å². The number of nitrogens with zero attached hydrogens (tertiary/aromatic N) is 3. The van der Waals surface area contributed by atoms with Crippen LogP contribution in [-0.4, -0.2) is 21.7 Å². The second-order valence-electron chi connectivity index (χ2n) is 4.69. The number of carbonyl (C=O) groups is 1. The minimum Gasteiger partial charge on any atom is -0.460 e. The monoisotopic (exact) mass is 313 g/mol. The second kappa shape index (κ2) is 7.57. The van der Waals surface area contributed by atoms with E-state index in [-0.39, 0.29) is 18.3 Å². The van der Waals surface area contributed by atoms with Crippen LogP contribution in [0.5, 0.6) is 0 Å². The summed E-state index contributed by atoms with van der Waals surface area (Å²) in [5.41, 5.74) is 3.18. The summed E-state index contributed by atoms with van der Waals surface area (Å²) in [4.78, 5) is 20.2. The normalized spacial score (nSPS) is 10.0. The maximum absolute atomic E-state index is 11.7. The van der Waals surface area contributed by atoms with Crippen LogP contribution in [0, 0.1) is 25.2 Å². The summed E-state index contributed by atoms with van der Waals surface area (Å²) in [6.45, 7) is 3.97. The molecule has 2 rings (SSSR count). The summed E-state index contributed by atoms with van der Waals surface area (Å²) in [7, 11) is 0. The van der Waals surface area contributed by atoms with Crippen LogP contribution in [0.4, 0.5) is 0 Å². The van der Waals surface area contributed by atoms with Gasteiger partial charge in [-0.05, 0) is 37.6 Å². The third-order valence-corrected chi connectivity index (χ3v) is 3.58. The van der Waals surface area contributed by atoms with E-state index >= 15 is 0 Å². The standard InChI is InChI=1S/C16H15N3O2S/c1-11-7-12(2)19-16(18-11)22-10-15(20)21-9-14-5-3-13(8-17)4-6-14/h3-7H,9-10H2,1-2H3. The second-order valence-corrected chi connectivity index (χ2v) is 5.63. The van der Waals surface area contributed by atoms with E-state index < -0.39 is 0 Å². The highest BCUT2D eigenvalue weighted by molar-refractivity contribution is 7.99. The minimum absolute atomic E-state index is 0.166. The van der Waals surface area contributed by atoms with Crippen molar-refractivity contribution in [3.8, 4) is 6.07 Å². The van der Waals surface area contributed by atoms with Crippen LogP contribution in [-0.2, 0) is 16.1 Å². The number of aromatic nitrogens is 2. The van der Waals surface area contributed by atoms with E-state index in [1.54, 1.807) is 24.3 Å². The van der Waals surface area contributed by atoms with Crippen molar-refractivity contribution in [2.75, 3.05) is 5.75 Å². The summed E-state index contributed by atoms with van der Waals surface area (Å²) in [5.74, 6) is -0.156. The van der Waals surface area contributed by atoms with Crippen molar-refractivity contribution < 1.29 is 9.53 Å². The zero-order valence-electron chi connectivity index (χ0n) is 12.4. The van der Waals surface area contributed by atoms with Crippen LogP contribution in [0.1, 0.15) is 22.5 Å². The molecule has 0 radical (unpaired) electrons. The Morgan fingerprint density at radius 3 is 2.45 bits per heavy atom. The summed E-state index contributed by atoms with van der Waals surface area (Å²) >= 11 is 1.26. The molecule has 0 atom stereocenters. The Morgan fingerprint density at radius 1 is 1.23 bits per heavy atom. The molecule has 1 aromatic carbocycles. The van der Waals surface area contributed by atoms with Gasteiger partial charge in [-0.3, -0.25) is 4.79 Å². The first-order valence-electron chi connectivity index (χ1n) is 6.66. The van der Waals surface area contributed by atoms with E-state index in [2.05, 4.69) is 9.97 Å². The number of esters is 1. The Labute approximate surface area is 133 Å². The number of hydrogen-bond acceptors (Lipinski definition) is 6. The van der Waals surface area contributed by atoms with Crippen LogP contribution >= 0.6 is 11.8 Å². The molecule has 0 unspecified atom stereocenters. The molecule has 0 aliphatic carbocycles. The summed E-state index contributed by atoms with van der Waals surface area (Å²) in [6, 6.07) is 10.9. The first kappa shape index (κ1) is 16.0. The smallest absolute Gasteiger partial charge is 0.316 e. The van der Waals surface area contributed by atoms with Crippen LogP contribution in [0.3, 0.4) is 0 Å². The number of ether oxygens (including phenoxy) is 1. The lowest BCUT2D eigenvalue weighted by Gasteiger charge is -2.05. The lowest BCUT2D eigenvalue weighted by atomic mass is 10.2. The fourth-order valence-electron chi connectivity index (χ4n) is 1.76. The van der Waals surface area contributed by atoms with Gasteiger partial charge in [0.1, 0.15) is 6.61 Å². The van der Waals surface area contributed by atoms with E-state index in [1.807, 2.05) is 26.0 Å². The van der Waals surface area contributed by atoms with Gasteiger partial charge in [-0.15, -0.1) is 0 Å². The van der Waals surface area contributed by atoms with Crippen molar-refractivity contribution in [3.63, 3.8) is 0 Å². The molecule has 0 N–H and O–H groups in total. The Morgan fingerprint density at radius 2 is 1.86 bits per heavy atom. The Hall–Kier alpha value is -2.39. The average molecular weight is 313 g/mol. The van der Waals surface area contributed by atoms with Crippen molar-refractivity contribution >= 4 is 17.7 Å². The minimum atomic E-state index is -0.322. The number of carbonyl (C=O) groups excluding carboxylic acids is 1. The molecule has 0 fully saturated rings. The molecule has 0 aliphatic heterocycles. The molecule has 22 heavy (non-hydrogen) atoms. The number of nitriles is 1. The highest BCUT2D eigenvalue weighted by atomic mass is 32.2. The van der Waals surface area contributed by atoms with Crippen molar-refractivity contribution in [3.05, 3.63) is 52.8 Å². The largest absolute Gasteiger partial charge is 0.460 e. The molecule has 5 nitrogen and oxygen atoms in total. The first-order chi connectivity index (χ1) is 10.6. The fraction of sp³-hybridized carbons (Fsp3) is 0.250. The highest BCUT2D eigenvalue weighted by Crippen LogP contribution is 2.14. The van der Waals surface area contributed by atoms with Crippen molar-refractivity contribution in [2.45, 2.75) is 25.6 Å². The van der Waals surface area contributed by atoms with E-state index in [4.69, 9.17) is 10.00 Å². The third-order valence-electron chi connectivity index (χ3n) is 2.76. The number of benzene rings is 1. The first-order valence-corrected chi connectivity index (χ1v) is 7.65. The lowest BCUT2D eigenvalue weighted by molar-refractivity contribution is -0.141. The maximum atomic E-state index is 11.7. The molecule has 0 saturated carbocycles. The summed E-state index contributed by atoms with van der Waals surface area (Å²) in [6.07, 6.45) is 0. The summed E-state index contributed by atoms with van der Waals surface area (Å²) < 4.78 is 5.19. The lowest BCUT2D eigenvalue weighted by Crippen LogP contribution is -2.08. The molecule has 0 spiro atoms. The molecule has 1 aromatic heterocycles. The van der Waals surface area contributed by atoms with Crippen LogP contribution in [0.15, 0.2) is 35.5 Å². The van der Waals surface area contributed by atoms with Gasteiger partial charge in [0.05, 0.1) is 17.4 Å². The Balaban J connectivity index is 1.81. The Kier molecular flexibility index (Phi) is 5.50. The molecular weight excluding hydrogens is 298 g/mol. The van der Waals surface area contributed by atoms with E-state index in [0.29, 0.717) is 10.7 Å². The predicted octanol–water partition coefficient (Wildman–Crippen LogP) is 2.80. The van der Waals surface area contributed by atoms with Gasteiger partial charge in [0.2, 0.25) is 0 Å². The molecule has 0 amide bonds. The number of thioether (sulfide) groups is 1. The van der Waals surface area contributed by atoms with Crippen molar-refractivity contribution in [2.24, 2.45) is 0 Å². The zero-order chi connectivity index (χ0) is 15.9. The SMILES string of the molecule is Cc1cc(C)nc(SCC(=O)OCc2ccc(C#N)cc2)n1. The van der Waals surface area contributed by atoms with Crippen molar-refractivity contribution in [1.82, 2.24) is 9.97 Å². The van der Waals surface area contributed by atoms with Gasteiger partial charge in [-0.1, -0.05) is 23.9 Å². The molecule has 6 heteroatoms. The van der Waals surface area contributed by atoms with Gasteiger partial charge in [0, 0.05) is 11.4 Å². The molecule has 2 aromatic rings. The topological polar surface area (TPSA) is 75.9 Å². The van der Waals surface area contributed by atoms with Crippen LogP contribution in [0.2, 0.25) is 0 Å². The molecule has 112 valence electrons. The maximum Gasteiger partial charge on any atom is 0.316 e. The van der Waals surface area contributed by atoms with Crippen LogP contribution < -0.4 is 0 Å². The number of aryl methyl sites for hydroxylation is 2. The van der Waals surface area contributed by atoms with Crippen molar-refractivity contribution in [1.29, 1.82) is 5.26 Å². The number of hydrogen-bond donors (Lipinski definition) is 0. The fourth-order valence-corrected chi connectivity index (χ4v) is 2.51. The highest BCUT2D eigenvalue weighted by Gasteiger charge is 2.07. The van der Waals surface area contributed by atoms with Gasteiger partial charge < -0.3 is 4.74 Å². The number of rotatable bonds is 5. The molecule has 0 bridgehead atoms. The van der Waals surface area contributed by atoms with Gasteiger partial charge in [-0.25, -0.2) is 9.97 Å². The predicted molar refractivity (Wildman–Crippen MR) is 83.2 cm³/mol. The van der Waals surface area contributed by atoms with E-state index in [1.165, 1.54) is 11.8 Å². The van der Waals surface area contributed by atoms with E-state index in [0.717, 1.165) is 17.0 Å². The van der Waals surface area contributed by atoms with Gasteiger partial charge in [-0.2, -0.15) is 5.26 Å². The Bertz CT molecular complexity index is 688. The molecule has 1 heterocycles. The van der Waals surface area contributed by atoms with Gasteiger partial charge >= 0.3 is 5.97 Å². The zero-order valence-corrected chi connectivity index (χ0v) is 13.2. The van der Waals surface area contributed by atoms with Crippen LogP contribution in [0.25, 0.3) is 0 Å². The average Bonchev–Trinajstić information content (AvgIpc) is 2.50. The molecule has 0 aliphatic rings. The molecular formula is C16H15N3O2S. The third kappa shape index (κ3) is 4.86. The summed E-state index contributed by atoms with van der Waals surface area (Å²) in [5, 5.41) is 9.29. The van der Waals surface area contributed by atoms with Gasteiger partial charge in [0.25, 0.3) is 0 Å². The van der Waals surface area contributed by atoms with Gasteiger partial charge in [0.15, 0.2) is 5.16 Å². The quantitative estimate of drug-likeness (QED) is 0.480. The molecule has 0 saturated heterocycles.